The summed E-state index contributed by atoms with van der Waals surface area (Å²) in [6.45, 7) is 0. The fraction of sp³-hybridized carbons (Fsp3) is 0.0938. The Morgan fingerprint density at radius 1 is 0.333 bits per heavy atom. The van der Waals surface area contributed by atoms with Gasteiger partial charge in [-0.15, -0.1) is 11.3 Å². The predicted molar refractivity (Wildman–Crippen MR) is 286 cm³/mol. The van der Waals surface area contributed by atoms with Crippen molar-refractivity contribution in [1.82, 2.24) is 0 Å². The van der Waals surface area contributed by atoms with Crippen LogP contribution in [0.3, 0.4) is 0 Å². The lowest BCUT2D eigenvalue weighted by Crippen LogP contribution is -2.10. The molecular weight excluding hydrogens is 815 g/mol. The first-order chi connectivity index (χ1) is 32.7. The van der Waals surface area contributed by atoms with Crippen LogP contribution < -0.4 is 4.90 Å². The lowest BCUT2D eigenvalue weighted by Gasteiger charge is -2.26. The number of hydrogen-bond donors (Lipinski definition) is 0. The third kappa shape index (κ3) is 6.84. The van der Waals surface area contributed by atoms with Crippen molar-refractivity contribution >= 4 is 91.7 Å². The van der Waals surface area contributed by atoms with Gasteiger partial charge in [-0.05, 0) is 161 Å². The Bertz CT molecular complexity index is 3800. The number of hydrogen-bond acceptors (Lipinski definition) is 2. The second kappa shape index (κ2) is 16.2. The minimum absolute atomic E-state index is 0.607. The molecule has 0 atom stereocenters. The first-order valence-electron chi connectivity index (χ1n) is 23.6. The molecule has 0 spiro atoms. The molecule has 1 aliphatic carbocycles. The Labute approximate surface area is 389 Å². The monoisotopic (exact) mass is 861 g/mol. The highest BCUT2D eigenvalue weighted by Gasteiger charge is 2.24. The van der Waals surface area contributed by atoms with Crippen molar-refractivity contribution in [2.75, 3.05) is 4.90 Å². The second-order valence-corrected chi connectivity index (χ2v) is 19.3. The van der Waals surface area contributed by atoms with Gasteiger partial charge in [0.15, 0.2) is 0 Å². The Balaban J connectivity index is 0.917. The molecule has 0 N–H and O–H groups in total. The average Bonchev–Trinajstić information content (AvgIpc) is 3.79. The fourth-order valence-electron chi connectivity index (χ4n) is 10.9. The molecule has 66 heavy (non-hydrogen) atoms. The van der Waals surface area contributed by atoms with Crippen LogP contribution in [0.4, 0.5) is 17.1 Å². The van der Waals surface area contributed by atoms with E-state index >= 15 is 0 Å². The van der Waals surface area contributed by atoms with Crippen LogP contribution in [0.5, 0.6) is 0 Å². The molecule has 0 bridgehead atoms. The van der Waals surface area contributed by atoms with Gasteiger partial charge < -0.3 is 4.90 Å². The summed E-state index contributed by atoms with van der Waals surface area (Å²) in [6.07, 6.45) is 6.55. The van der Waals surface area contributed by atoms with Gasteiger partial charge >= 0.3 is 0 Å². The van der Waals surface area contributed by atoms with E-state index in [1.807, 2.05) is 11.3 Å². The molecule has 2 heteroatoms. The predicted octanol–water partition coefficient (Wildman–Crippen LogP) is 19.2. The summed E-state index contributed by atoms with van der Waals surface area (Å²) in [5.41, 5.74) is 12.4. The van der Waals surface area contributed by atoms with Crippen molar-refractivity contribution in [2.24, 2.45) is 0 Å². The standard InChI is InChI=1S/C64H47NS/c1-2-13-46(14-3-1)60-41-55-17-8-9-18-58(55)62-59-19-10-20-61(63(59)66-64(60)62)65(56-33-29-44(30-34-56)49-23-21-42-11-4-6-15-47(42)37-49)57-35-31-45(32-36-57)50-25-26-53-40-54(28-27-52(53)39-50)51-24-22-43-12-5-7-16-48(43)38-51/h4-12,15-41,46H,1-3,13-14H2. The third-order valence-electron chi connectivity index (χ3n) is 14.4. The van der Waals surface area contributed by atoms with Crippen molar-refractivity contribution in [1.29, 1.82) is 0 Å². The highest BCUT2D eigenvalue weighted by molar-refractivity contribution is 7.26. The van der Waals surface area contributed by atoms with Crippen LogP contribution in [0.15, 0.2) is 218 Å². The molecule has 12 aromatic rings. The molecule has 0 aliphatic heterocycles. The summed E-state index contributed by atoms with van der Waals surface area (Å²) < 4.78 is 2.80. The molecule has 1 saturated carbocycles. The van der Waals surface area contributed by atoms with Crippen LogP contribution in [-0.4, -0.2) is 0 Å². The summed E-state index contributed by atoms with van der Waals surface area (Å²) in [4.78, 5) is 2.49. The van der Waals surface area contributed by atoms with E-state index in [-0.39, 0.29) is 0 Å². The van der Waals surface area contributed by atoms with Crippen molar-refractivity contribution < 1.29 is 0 Å². The Hall–Kier alpha value is -7.52. The van der Waals surface area contributed by atoms with Gasteiger partial charge in [0, 0.05) is 26.8 Å². The van der Waals surface area contributed by atoms with E-state index in [0.717, 1.165) is 11.4 Å². The van der Waals surface area contributed by atoms with Gasteiger partial charge in [0.2, 0.25) is 0 Å². The van der Waals surface area contributed by atoms with E-state index in [4.69, 9.17) is 0 Å². The Kier molecular flexibility index (Phi) is 9.53. The van der Waals surface area contributed by atoms with Crippen LogP contribution in [-0.2, 0) is 0 Å². The highest BCUT2D eigenvalue weighted by Crippen LogP contribution is 2.50. The van der Waals surface area contributed by atoms with Crippen molar-refractivity contribution in [3.63, 3.8) is 0 Å². The molecule has 0 saturated heterocycles. The average molecular weight is 862 g/mol. The highest BCUT2D eigenvalue weighted by atomic mass is 32.1. The zero-order valence-electron chi connectivity index (χ0n) is 36.8. The Morgan fingerprint density at radius 3 is 1.33 bits per heavy atom. The van der Waals surface area contributed by atoms with Gasteiger partial charge in [0.05, 0.1) is 10.4 Å². The van der Waals surface area contributed by atoms with Crippen LogP contribution >= 0.6 is 11.3 Å². The SMILES string of the molecule is c1ccc2cc(-c3ccc(N(c4ccc(-c5ccc6cc(-c7ccc8ccccc8c7)ccc6c5)cc4)c4cccc5c4sc4c(C6CCCCC6)cc6ccccc6c45)cc3)ccc2c1. The number of rotatable bonds is 7. The molecular formula is C64H47NS. The zero-order chi connectivity index (χ0) is 43.6. The van der Waals surface area contributed by atoms with Crippen LogP contribution in [0.1, 0.15) is 43.6 Å². The topological polar surface area (TPSA) is 3.24 Å². The molecule has 1 aliphatic rings. The minimum Gasteiger partial charge on any atom is -0.309 e. The third-order valence-corrected chi connectivity index (χ3v) is 15.7. The molecule has 0 unspecified atom stereocenters. The molecule has 314 valence electrons. The summed E-state index contributed by atoms with van der Waals surface area (Å²) >= 11 is 2.00. The smallest absolute Gasteiger partial charge is 0.0640 e. The van der Waals surface area contributed by atoms with Gasteiger partial charge in [-0.25, -0.2) is 0 Å². The van der Waals surface area contributed by atoms with E-state index < -0.39 is 0 Å². The minimum atomic E-state index is 0.607. The van der Waals surface area contributed by atoms with Gasteiger partial charge in [-0.3, -0.25) is 0 Å². The van der Waals surface area contributed by atoms with Crippen LogP contribution in [0.25, 0.3) is 96.6 Å². The summed E-state index contributed by atoms with van der Waals surface area (Å²) in [5.74, 6) is 0.607. The number of fused-ring (bicyclic) bond motifs is 8. The molecule has 11 aromatic carbocycles. The first kappa shape index (κ1) is 38.9. The normalized spacial score (nSPS) is 13.4. The lowest BCUT2D eigenvalue weighted by molar-refractivity contribution is 0.446. The van der Waals surface area contributed by atoms with E-state index in [1.54, 1.807) is 5.56 Å². The van der Waals surface area contributed by atoms with Crippen LogP contribution in [0.2, 0.25) is 0 Å². The number of benzene rings is 11. The van der Waals surface area contributed by atoms with Gasteiger partial charge in [0.25, 0.3) is 0 Å². The number of anilines is 3. The maximum absolute atomic E-state index is 2.53. The molecule has 0 radical (unpaired) electrons. The summed E-state index contributed by atoms with van der Waals surface area (Å²) in [5, 5.41) is 13.0. The van der Waals surface area contributed by atoms with E-state index in [9.17, 15) is 0 Å². The zero-order valence-corrected chi connectivity index (χ0v) is 37.6. The first-order valence-corrected chi connectivity index (χ1v) is 24.4. The molecule has 1 fully saturated rings. The maximum Gasteiger partial charge on any atom is 0.0640 e. The van der Waals surface area contributed by atoms with E-state index in [0.29, 0.717) is 5.92 Å². The fourth-order valence-corrected chi connectivity index (χ4v) is 12.3. The van der Waals surface area contributed by atoms with Crippen LogP contribution in [0, 0.1) is 0 Å². The second-order valence-electron chi connectivity index (χ2n) is 18.3. The summed E-state index contributed by atoms with van der Waals surface area (Å²) in [6, 6.07) is 81.5. The molecule has 13 rings (SSSR count). The lowest BCUT2D eigenvalue weighted by atomic mass is 9.82. The number of nitrogens with zero attached hydrogens (tertiary/aromatic N) is 1. The number of thiophene rings is 1. The van der Waals surface area contributed by atoms with Crippen molar-refractivity contribution in [2.45, 2.75) is 38.0 Å². The molecule has 1 nitrogen and oxygen atoms in total. The molecule has 1 aromatic heterocycles. The van der Waals surface area contributed by atoms with Crippen molar-refractivity contribution in [3.8, 4) is 33.4 Å². The van der Waals surface area contributed by atoms with Crippen molar-refractivity contribution in [3.05, 3.63) is 224 Å². The van der Waals surface area contributed by atoms with E-state index in [1.165, 1.54) is 134 Å². The van der Waals surface area contributed by atoms with Gasteiger partial charge in [-0.1, -0.05) is 177 Å². The maximum atomic E-state index is 2.53. The largest absolute Gasteiger partial charge is 0.309 e. The quantitative estimate of drug-likeness (QED) is 0.154. The summed E-state index contributed by atoms with van der Waals surface area (Å²) in [7, 11) is 0. The van der Waals surface area contributed by atoms with E-state index in [2.05, 4.69) is 223 Å². The van der Waals surface area contributed by atoms with Gasteiger partial charge in [-0.2, -0.15) is 0 Å². The van der Waals surface area contributed by atoms with Gasteiger partial charge in [0.1, 0.15) is 0 Å². The molecule has 1 heterocycles. The molecule has 0 amide bonds. The Morgan fingerprint density at radius 2 is 0.773 bits per heavy atom.